The van der Waals surface area contributed by atoms with Crippen molar-refractivity contribution in [2.45, 2.75) is 6.54 Å². The molecule has 1 N–H and O–H groups in total. The fourth-order valence-corrected chi connectivity index (χ4v) is 3.63. The monoisotopic (exact) mass is 376 g/mol. The Morgan fingerprint density at radius 2 is 1.79 bits per heavy atom. The molecule has 5 nitrogen and oxygen atoms in total. The fourth-order valence-electron chi connectivity index (χ4n) is 3.63. The average molecular weight is 376 g/mol. The number of likely N-dealkylation sites (N-methyl/N-ethyl adjacent to an activating group) is 1. The zero-order chi connectivity index (χ0) is 19.7. The first-order valence-electron chi connectivity index (χ1n) is 9.30. The van der Waals surface area contributed by atoms with Crippen LogP contribution >= 0.6 is 0 Å². The number of hydrogen-bond acceptors (Lipinski definition) is 4. The van der Waals surface area contributed by atoms with Crippen molar-refractivity contribution in [1.82, 2.24) is 14.8 Å². The Morgan fingerprint density at radius 1 is 1.07 bits per heavy atom. The van der Waals surface area contributed by atoms with Gasteiger partial charge in [0.1, 0.15) is 5.82 Å². The van der Waals surface area contributed by atoms with Crippen molar-refractivity contribution in [2.24, 2.45) is 0 Å². The van der Waals surface area contributed by atoms with Gasteiger partial charge in [0.2, 0.25) is 0 Å². The molecule has 3 aromatic rings. The molecule has 0 saturated carbocycles. The Morgan fingerprint density at radius 3 is 2.46 bits per heavy atom. The number of fused-ring (bicyclic) bond motifs is 1. The van der Waals surface area contributed by atoms with Crippen LogP contribution in [0.25, 0.3) is 22.0 Å². The molecule has 2 aromatic carbocycles. The zero-order valence-corrected chi connectivity index (χ0v) is 15.7. The van der Waals surface area contributed by atoms with E-state index in [-0.39, 0.29) is 10.9 Å². The summed E-state index contributed by atoms with van der Waals surface area (Å²) in [6.07, 6.45) is 0. The first kappa shape index (κ1) is 18.4. The second kappa shape index (κ2) is 7.55. The van der Waals surface area contributed by atoms with Crippen LogP contribution in [0.5, 0.6) is 0 Å². The van der Waals surface area contributed by atoms with Crippen molar-refractivity contribution in [3.8, 4) is 17.3 Å². The summed E-state index contributed by atoms with van der Waals surface area (Å²) in [7, 11) is 2.14. The molecule has 1 aliphatic heterocycles. The number of aromatic nitrogens is 1. The van der Waals surface area contributed by atoms with Gasteiger partial charge < -0.3 is 9.88 Å². The summed E-state index contributed by atoms with van der Waals surface area (Å²) >= 11 is 0. The van der Waals surface area contributed by atoms with E-state index in [4.69, 9.17) is 0 Å². The SMILES string of the molecule is CN1CCN(Cc2ccc(-c3cc4c(C#N)cc(F)cc4c(=O)[nH]3)cc2)CC1. The van der Waals surface area contributed by atoms with Crippen LogP contribution < -0.4 is 5.56 Å². The molecule has 1 fully saturated rings. The third-order valence-corrected chi connectivity index (χ3v) is 5.31. The summed E-state index contributed by atoms with van der Waals surface area (Å²) in [4.78, 5) is 20.0. The number of nitrogens with zero attached hydrogens (tertiary/aromatic N) is 3. The second-order valence-corrected chi connectivity index (χ2v) is 7.31. The van der Waals surface area contributed by atoms with Crippen LogP contribution in [0, 0.1) is 17.1 Å². The molecule has 28 heavy (non-hydrogen) atoms. The summed E-state index contributed by atoms with van der Waals surface area (Å²) in [5, 5.41) is 9.93. The summed E-state index contributed by atoms with van der Waals surface area (Å²) in [6, 6.07) is 14.1. The maximum atomic E-state index is 13.6. The minimum Gasteiger partial charge on any atom is -0.321 e. The fraction of sp³-hybridized carbons (Fsp3) is 0.273. The predicted molar refractivity (Wildman–Crippen MR) is 107 cm³/mol. The van der Waals surface area contributed by atoms with Crippen LogP contribution in [-0.4, -0.2) is 48.0 Å². The zero-order valence-electron chi connectivity index (χ0n) is 15.7. The van der Waals surface area contributed by atoms with E-state index in [1.54, 1.807) is 6.07 Å². The standard InChI is InChI=1S/C22H21FN4O/c1-26-6-8-27(9-7-26)14-15-2-4-16(5-3-15)21-12-19-17(13-24)10-18(23)11-20(19)22(28)25-21/h2-5,10-12H,6-9,14H2,1H3,(H,25,28). The minimum atomic E-state index is -0.587. The Hall–Kier alpha value is -3.01. The molecular weight excluding hydrogens is 355 g/mol. The van der Waals surface area contributed by atoms with Gasteiger partial charge in [0.25, 0.3) is 5.56 Å². The van der Waals surface area contributed by atoms with Gasteiger partial charge in [-0.15, -0.1) is 0 Å². The molecule has 142 valence electrons. The van der Waals surface area contributed by atoms with Crippen LogP contribution in [0.15, 0.2) is 47.3 Å². The molecular formula is C22H21FN4O. The Bertz CT molecular complexity index is 1110. The Kier molecular flexibility index (Phi) is 4.95. The van der Waals surface area contributed by atoms with Gasteiger partial charge in [0, 0.05) is 43.8 Å². The highest BCUT2D eigenvalue weighted by Gasteiger charge is 2.14. The molecule has 0 aliphatic carbocycles. The van der Waals surface area contributed by atoms with E-state index in [0.29, 0.717) is 11.1 Å². The van der Waals surface area contributed by atoms with Gasteiger partial charge in [-0.1, -0.05) is 24.3 Å². The van der Waals surface area contributed by atoms with E-state index < -0.39 is 11.4 Å². The number of nitriles is 1. The molecule has 0 bridgehead atoms. The molecule has 0 radical (unpaired) electrons. The third-order valence-electron chi connectivity index (χ3n) is 5.31. The summed E-state index contributed by atoms with van der Waals surface area (Å²) in [5.74, 6) is -0.587. The lowest BCUT2D eigenvalue weighted by Crippen LogP contribution is -2.43. The maximum Gasteiger partial charge on any atom is 0.256 e. The molecule has 1 aliphatic rings. The number of aromatic amines is 1. The lowest BCUT2D eigenvalue weighted by molar-refractivity contribution is 0.148. The summed E-state index contributed by atoms with van der Waals surface area (Å²) < 4.78 is 13.6. The highest BCUT2D eigenvalue weighted by Crippen LogP contribution is 2.24. The molecule has 1 saturated heterocycles. The van der Waals surface area contributed by atoms with Crippen molar-refractivity contribution in [3.05, 3.63) is 69.8 Å². The normalized spacial score (nSPS) is 15.6. The first-order valence-corrected chi connectivity index (χ1v) is 9.30. The number of rotatable bonds is 3. The highest BCUT2D eigenvalue weighted by atomic mass is 19.1. The molecule has 0 atom stereocenters. The Balaban J connectivity index is 1.62. The highest BCUT2D eigenvalue weighted by molar-refractivity contribution is 5.90. The quantitative estimate of drug-likeness (QED) is 0.763. The summed E-state index contributed by atoms with van der Waals surface area (Å²) in [6.45, 7) is 5.18. The minimum absolute atomic E-state index is 0.161. The van der Waals surface area contributed by atoms with Crippen molar-refractivity contribution in [3.63, 3.8) is 0 Å². The second-order valence-electron chi connectivity index (χ2n) is 7.31. The molecule has 2 heterocycles. The van der Waals surface area contributed by atoms with Gasteiger partial charge in [-0.3, -0.25) is 9.69 Å². The molecule has 0 spiro atoms. The third kappa shape index (κ3) is 3.68. The number of pyridine rings is 1. The van der Waals surface area contributed by atoms with Gasteiger partial charge in [-0.25, -0.2) is 4.39 Å². The number of piperazine rings is 1. The Labute approximate surface area is 162 Å². The largest absolute Gasteiger partial charge is 0.321 e. The number of H-pyrrole nitrogens is 1. The lowest BCUT2D eigenvalue weighted by Gasteiger charge is -2.32. The average Bonchev–Trinajstić information content (AvgIpc) is 2.70. The van der Waals surface area contributed by atoms with E-state index in [1.807, 2.05) is 18.2 Å². The van der Waals surface area contributed by atoms with Crippen molar-refractivity contribution in [2.75, 3.05) is 33.2 Å². The first-order chi connectivity index (χ1) is 13.5. The van der Waals surface area contributed by atoms with E-state index in [9.17, 15) is 14.4 Å². The number of hydrogen-bond donors (Lipinski definition) is 1. The summed E-state index contributed by atoms with van der Waals surface area (Å²) in [5.41, 5.74) is 2.45. The molecule has 4 rings (SSSR count). The van der Waals surface area contributed by atoms with Crippen molar-refractivity contribution < 1.29 is 4.39 Å². The van der Waals surface area contributed by atoms with Crippen molar-refractivity contribution in [1.29, 1.82) is 5.26 Å². The van der Waals surface area contributed by atoms with Crippen LogP contribution in [0.1, 0.15) is 11.1 Å². The number of nitrogens with one attached hydrogen (secondary N) is 1. The van der Waals surface area contributed by atoms with E-state index in [1.165, 1.54) is 5.56 Å². The smallest absolute Gasteiger partial charge is 0.256 e. The van der Waals surface area contributed by atoms with E-state index in [2.05, 4.69) is 34.0 Å². The van der Waals surface area contributed by atoms with Crippen LogP contribution in [0.3, 0.4) is 0 Å². The van der Waals surface area contributed by atoms with Gasteiger partial charge in [0.15, 0.2) is 0 Å². The van der Waals surface area contributed by atoms with E-state index in [0.717, 1.165) is 50.4 Å². The van der Waals surface area contributed by atoms with Gasteiger partial charge in [-0.2, -0.15) is 5.26 Å². The van der Waals surface area contributed by atoms with Crippen LogP contribution in [0.2, 0.25) is 0 Å². The topological polar surface area (TPSA) is 63.1 Å². The van der Waals surface area contributed by atoms with Gasteiger partial charge in [-0.05, 0) is 36.4 Å². The van der Waals surface area contributed by atoms with Crippen molar-refractivity contribution >= 4 is 10.8 Å². The number of halogens is 1. The number of benzene rings is 2. The molecule has 1 aromatic heterocycles. The lowest BCUT2D eigenvalue weighted by atomic mass is 10.0. The molecule has 0 unspecified atom stereocenters. The molecule has 6 heteroatoms. The van der Waals surface area contributed by atoms with Gasteiger partial charge in [0.05, 0.1) is 17.0 Å². The maximum absolute atomic E-state index is 13.6. The van der Waals surface area contributed by atoms with Crippen LogP contribution in [-0.2, 0) is 6.54 Å². The van der Waals surface area contributed by atoms with Crippen LogP contribution in [0.4, 0.5) is 4.39 Å². The van der Waals surface area contributed by atoms with E-state index >= 15 is 0 Å². The predicted octanol–water partition coefficient (Wildman–Crippen LogP) is 2.95. The molecule has 0 amide bonds. The van der Waals surface area contributed by atoms with Gasteiger partial charge >= 0.3 is 0 Å².